The van der Waals surface area contributed by atoms with Gasteiger partial charge >= 0.3 is 5.92 Å². The number of nitrogens with one attached hydrogen (secondary N) is 1. The zero-order chi connectivity index (χ0) is 13.1. The van der Waals surface area contributed by atoms with Crippen molar-refractivity contribution in [3.8, 4) is 0 Å². The van der Waals surface area contributed by atoms with Crippen LogP contribution in [0.5, 0.6) is 0 Å². The molecule has 0 aliphatic heterocycles. The molecule has 0 fully saturated rings. The molecule has 0 heterocycles. The summed E-state index contributed by atoms with van der Waals surface area (Å²) in [5, 5.41) is 2.15. The second-order valence-electron chi connectivity index (χ2n) is 4.61. The fourth-order valence-electron chi connectivity index (χ4n) is 1.20. The summed E-state index contributed by atoms with van der Waals surface area (Å²) in [5.74, 6) is -4.87. The quantitative estimate of drug-likeness (QED) is 0.843. The maximum Gasteiger partial charge on any atom is 0.349 e. The van der Waals surface area contributed by atoms with Crippen LogP contribution in [0.15, 0.2) is 30.3 Å². The van der Waals surface area contributed by atoms with E-state index in [1.54, 1.807) is 19.9 Å². The van der Waals surface area contributed by atoms with Crippen molar-refractivity contribution in [1.29, 1.82) is 0 Å². The van der Waals surface area contributed by atoms with Crippen LogP contribution in [0.25, 0.3) is 0 Å². The smallest absolute Gasteiger partial charge is 0.349 e. The molecule has 3 N–H and O–H groups in total. The van der Waals surface area contributed by atoms with Gasteiger partial charge in [0.1, 0.15) is 0 Å². The molecule has 0 aliphatic rings. The Morgan fingerprint density at radius 2 is 1.82 bits per heavy atom. The van der Waals surface area contributed by atoms with Gasteiger partial charge in [0.05, 0.1) is 0 Å². The van der Waals surface area contributed by atoms with E-state index < -0.39 is 17.4 Å². The molecule has 0 unspecified atom stereocenters. The molecule has 0 spiro atoms. The summed E-state index contributed by atoms with van der Waals surface area (Å²) in [6.45, 7) is 3.29. The van der Waals surface area contributed by atoms with E-state index in [2.05, 4.69) is 5.32 Å². The first-order chi connectivity index (χ1) is 7.73. The third-order valence-corrected chi connectivity index (χ3v) is 2.13. The number of rotatable bonds is 4. The van der Waals surface area contributed by atoms with Crippen LogP contribution in [0, 0.1) is 0 Å². The highest BCUT2D eigenvalue weighted by Gasteiger charge is 2.40. The third-order valence-electron chi connectivity index (χ3n) is 2.13. The fraction of sp³-hybridized carbons (Fsp3) is 0.417. The molecule has 0 atom stereocenters. The molecule has 0 saturated carbocycles. The average molecular weight is 242 g/mol. The zero-order valence-corrected chi connectivity index (χ0v) is 9.84. The Balaban J connectivity index is 2.74. The standard InChI is InChI=1S/C12H16F2N2O/c1-11(2,15)8-16-10(17)12(13,14)9-6-4-3-5-7-9/h3-7H,8,15H2,1-2H3,(H,16,17). The van der Waals surface area contributed by atoms with Crippen molar-refractivity contribution >= 4 is 5.91 Å². The molecular weight excluding hydrogens is 226 g/mol. The number of benzene rings is 1. The Morgan fingerprint density at radius 3 is 2.29 bits per heavy atom. The predicted octanol–water partition coefficient (Wildman–Crippen LogP) is 1.63. The molecule has 0 saturated heterocycles. The Labute approximate surface area is 99.0 Å². The van der Waals surface area contributed by atoms with Gasteiger partial charge in [-0.05, 0) is 13.8 Å². The first-order valence-electron chi connectivity index (χ1n) is 5.24. The van der Waals surface area contributed by atoms with E-state index in [0.717, 1.165) is 0 Å². The Kier molecular flexibility index (Phi) is 3.83. The summed E-state index contributed by atoms with van der Waals surface area (Å²) in [6.07, 6.45) is 0. The van der Waals surface area contributed by atoms with Gasteiger partial charge in [0.2, 0.25) is 0 Å². The molecule has 1 rings (SSSR count). The van der Waals surface area contributed by atoms with Gasteiger partial charge in [0, 0.05) is 17.6 Å². The highest BCUT2D eigenvalue weighted by molar-refractivity contribution is 5.84. The van der Waals surface area contributed by atoms with Crippen molar-refractivity contribution < 1.29 is 13.6 Å². The lowest BCUT2D eigenvalue weighted by Crippen LogP contribution is -2.48. The molecule has 3 nitrogen and oxygen atoms in total. The van der Waals surface area contributed by atoms with E-state index in [1.807, 2.05) is 0 Å². The number of amides is 1. The van der Waals surface area contributed by atoms with Crippen molar-refractivity contribution in [2.75, 3.05) is 6.54 Å². The van der Waals surface area contributed by atoms with E-state index in [4.69, 9.17) is 5.73 Å². The largest absolute Gasteiger partial charge is 0.349 e. The number of hydrogen-bond donors (Lipinski definition) is 2. The molecule has 1 aromatic rings. The van der Waals surface area contributed by atoms with Crippen LogP contribution in [-0.2, 0) is 10.7 Å². The number of alkyl halides is 2. The molecule has 0 aliphatic carbocycles. The van der Waals surface area contributed by atoms with Crippen molar-refractivity contribution in [3.05, 3.63) is 35.9 Å². The SMILES string of the molecule is CC(C)(N)CNC(=O)C(F)(F)c1ccccc1. The molecule has 1 amide bonds. The summed E-state index contributed by atoms with van der Waals surface area (Å²) in [4.78, 5) is 11.4. The molecule has 5 heteroatoms. The minimum atomic E-state index is -3.54. The molecule has 17 heavy (non-hydrogen) atoms. The summed E-state index contributed by atoms with van der Waals surface area (Å²) < 4.78 is 27.3. The van der Waals surface area contributed by atoms with Crippen LogP contribution in [0.1, 0.15) is 19.4 Å². The zero-order valence-electron chi connectivity index (χ0n) is 9.84. The van der Waals surface area contributed by atoms with Gasteiger partial charge in [-0.2, -0.15) is 8.78 Å². The summed E-state index contributed by atoms with van der Waals surface area (Å²) in [6, 6.07) is 6.97. The Bertz CT molecular complexity index is 385. The van der Waals surface area contributed by atoms with Crippen molar-refractivity contribution in [1.82, 2.24) is 5.32 Å². The van der Waals surface area contributed by atoms with Gasteiger partial charge in [0.25, 0.3) is 5.91 Å². The predicted molar refractivity (Wildman–Crippen MR) is 61.6 cm³/mol. The molecular formula is C12H16F2N2O. The Morgan fingerprint density at radius 1 is 1.29 bits per heavy atom. The van der Waals surface area contributed by atoms with Crippen LogP contribution in [0.3, 0.4) is 0 Å². The number of carbonyl (C=O) groups excluding carboxylic acids is 1. The lowest BCUT2D eigenvalue weighted by Gasteiger charge is -2.22. The first-order valence-corrected chi connectivity index (χ1v) is 5.24. The van der Waals surface area contributed by atoms with Crippen LogP contribution in [0.4, 0.5) is 8.78 Å². The molecule has 1 aromatic carbocycles. The fourth-order valence-corrected chi connectivity index (χ4v) is 1.20. The topological polar surface area (TPSA) is 55.1 Å². The van der Waals surface area contributed by atoms with Gasteiger partial charge in [-0.25, -0.2) is 0 Å². The van der Waals surface area contributed by atoms with E-state index >= 15 is 0 Å². The third kappa shape index (κ3) is 3.78. The van der Waals surface area contributed by atoms with Gasteiger partial charge in [0.15, 0.2) is 0 Å². The van der Waals surface area contributed by atoms with Crippen molar-refractivity contribution in [3.63, 3.8) is 0 Å². The van der Waals surface area contributed by atoms with Crippen molar-refractivity contribution in [2.24, 2.45) is 5.73 Å². The van der Waals surface area contributed by atoms with Gasteiger partial charge < -0.3 is 11.1 Å². The van der Waals surface area contributed by atoms with E-state index in [1.165, 1.54) is 24.3 Å². The molecule has 0 radical (unpaired) electrons. The number of nitrogens with two attached hydrogens (primary N) is 1. The summed E-state index contributed by atoms with van der Waals surface area (Å²) >= 11 is 0. The molecule has 0 bridgehead atoms. The minimum absolute atomic E-state index is 0.00570. The van der Waals surface area contributed by atoms with Crippen LogP contribution >= 0.6 is 0 Å². The van der Waals surface area contributed by atoms with Crippen molar-refractivity contribution in [2.45, 2.75) is 25.3 Å². The average Bonchev–Trinajstić information content (AvgIpc) is 2.26. The van der Waals surface area contributed by atoms with Gasteiger partial charge in [-0.3, -0.25) is 4.79 Å². The molecule has 94 valence electrons. The second kappa shape index (κ2) is 4.79. The number of halogens is 2. The van der Waals surface area contributed by atoms with Gasteiger partial charge in [-0.15, -0.1) is 0 Å². The normalized spacial score (nSPS) is 12.3. The van der Waals surface area contributed by atoms with E-state index in [9.17, 15) is 13.6 Å². The maximum atomic E-state index is 13.7. The van der Waals surface area contributed by atoms with E-state index in [-0.39, 0.29) is 12.1 Å². The maximum absolute atomic E-state index is 13.7. The highest BCUT2D eigenvalue weighted by Crippen LogP contribution is 2.27. The van der Waals surface area contributed by atoms with Crippen LogP contribution < -0.4 is 11.1 Å². The Hall–Kier alpha value is -1.49. The summed E-state index contributed by atoms with van der Waals surface area (Å²) in [7, 11) is 0. The number of hydrogen-bond acceptors (Lipinski definition) is 2. The van der Waals surface area contributed by atoms with E-state index in [0.29, 0.717) is 0 Å². The minimum Gasteiger partial charge on any atom is -0.349 e. The lowest BCUT2D eigenvalue weighted by molar-refractivity contribution is -0.147. The van der Waals surface area contributed by atoms with Crippen LogP contribution in [-0.4, -0.2) is 18.0 Å². The summed E-state index contributed by atoms with van der Waals surface area (Å²) in [5.41, 5.74) is 4.56. The number of carbonyl (C=O) groups is 1. The van der Waals surface area contributed by atoms with Crippen LogP contribution in [0.2, 0.25) is 0 Å². The van der Waals surface area contributed by atoms with Gasteiger partial charge in [-0.1, -0.05) is 30.3 Å². The second-order valence-corrected chi connectivity index (χ2v) is 4.61. The lowest BCUT2D eigenvalue weighted by atomic mass is 10.1. The monoisotopic (exact) mass is 242 g/mol. The first kappa shape index (κ1) is 13.6. The molecule has 0 aromatic heterocycles. The highest BCUT2D eigenvalue weighted by atomic mass is 19.3.